The average molecular weight is 493 g/mol. The van der Waals surface area contributed by atoms with Crippen LogP contribution in [0.1, 0.15) is 28.9 Å². The molecule has 0 saturated heterocycles. The van der Waals surface area contributed by atoms with E-state index in [0.717, 1.165) is 15.4 Å². The number of nitrogens with one attached hydrogen (secondary N) is 2. The van der Waals surface area contributed by atoms with Gasteiger partial charge in [-0.2, -0.15) is 5.10 Å². The van der Waals surface area contributed by atoms with E-state index in [-0.39, 0.29) is 17.8 Å². The van der Waals surface area contributed by atoms with E-state index in [1.807, 2.05) is 31.2 Å². The van der Waals surface area contributed by atoms with Crippen molar-refractivity contribution in [1.29, 1.82) is 0 Å². The Morgan fingerprint density at radius 3 is 2.78 bits per heavy atom. The third-order valence-electron chi connectivity index (χ3n) is 5.40. The molecule has 160 valence electrons. The van der Waals surface area contributed by atoms with Gasteiger partial charge in [-0.05, 0) is 42.8 Å². The van der Waals surface area contributed by atoms with Crippen LogP contribution in [0.4, 0.5) is 4.39 Å². The molecule has 5 aromatic rings. The number of carbonyl (C=O) groups is 1. The third-order valence-corrected chi connectivity index (χ3v) is 5.93. The lowest BCUT2D eigenvalue weighted by Gasteiger charge is -2.14. The van der Waals surface area contributed by atoms with Crippen molar-refractivity contribution in [2.75, 3.05) is 0 Å². The summed E-state index contributed by atoms with van der Waals surface area (Å²) in [6.07, 6.45) is 3.19. The average Bonchev–Trinajstić information content (AvgIpc) is 3.35. The van der Waals surface area contributed by atoms with Crippen molar-refractivity contribution in [3.05, 3.63) is 76.3 Å². The first-order valence-corrected chi connectivity index (χ1v) is 10.7. The van der Waals surface area contributed by atoms with Crippen molar-refractivity contribution in [3.8, 4) is 11.4 Å². The van der Waals surface area contributed by atoms with Crippen molar-refractivity contribution in [3.63, 3.8) is 0 Å². The minimum Gasteiger partial charge on any atom is -0.345 e. The smallest absolute Gasteiger partial charge is 0.255 e. The molecule has 2 aromatic carbocycles. The van der Waals surface area contributed by atoms with Crippen LogP contribution in [0.5, 0.6) is 0 Å². The van der Waals surface area contributed by atoms with Gasteiger partial charge in [-0.1, -0.05) is 28.1 Å². The molecule has 2 N–H and O–H groups in total. The zero-order valence-electron chi connectivity index (χ0n) is 17.2. The van der Waals surface area contributed by atoms with Crippen molar-refractivity contribution in [2.24, 2.45) is 7.05 Å². The number of H-pyrrole nitrogens is 1. The molecule has 0 fully saturated rings. The van der Waals surface area contributed by atoms with E-state index in [1.54, 1.807) is 30.2 Å². The van der Waals surface area contributed by atoms with Gasteiger partial charge in [-0.3, -0.25) is 9.48 Å². The molecule has 0 aliphatic carbocycles. The van der Waals surface area contributed by atoms with Crippen LogP contribution in [0.15, 0.2) is 59.3 Å². The number of fused-ring (bicyclic) bond motifs is 2. The molecule has 1 amide bonds. The van der Waals surface area contributed by atoms with Crippen LogP contribution >= 0.6 is 15.9 Å². The predicted molar refractivity (Wildman–Crippen MR) is 124 cm³/mol. The fraction of sp³-hybridized carbons (Fsp3) is 0.130. The van der Waals surface area contributed by atoms with Crippen molar-refractivity contribution in [2.45, 2.75) is 13.0 Å². The summed E-state index contributed by atoms with van der Waals surface area (Å²) in [5, 5.41) is 8.26. The molecule has 0 spiro atoms. The van der Waals surface area contributed by atoms with E-state index < -0.39 is 0 Å². The largest absolute Gasteiger partial charge is 0.345 e. The molecule has 7 nitrogen and oxygen atoms in total. The summed E-state index contributed by atoms with van der Waals surface area (Å²) in [7, 11) is 1.75. The van der Waals surface area contributed by atoms with Crippen LogP contribution in [0, 0.1) is 5.82 Å². The standard InChI is InChI=1S/C23H18BrFN6O/c1-12(13-3-5-14(24)6-4-13)28-23(32)17-10-26-22-21(17)29-18(11-27-22)20-16-8-7-15(25)9-19(16)31(2)30-20/h3-12H,1-2H3,(H,26,27)(H,28,32). The Hall–Kier alpha value is -3.59. The number of hydrogen-bond acceptors (Lipinski definition) is 4. The molecule has 32 heavy (non-hydrogen) atoms. The van der Waals surface area contributed by atoms with Gasteiger partial charge in [0.05, 0.1) is 23.3 Å². The van der Waals surface area contributed by atoms with Crippen LogP contribution in [0.2, 0.25) is 0 Å². The van der Waals surface area contributed by atoms with Gasteiger partial charge in [0.1, 0.15) is 22.7 Å². The lowest BCUT2D eigenvalue weighted by molar-refractivity contribution is 0.0941. The number of rotatable bonds is 4. The number of nitrogens with zero attached hydrogens (tertiary/aromatic N) is 4. The Balaban J connectivity index is 1.50. The maximum atomic E-state index is 13.7. The van der Waals surface area contributed by atoms with Crippen LogP contribution in [-0.2, 0) is 7.05 Å². The number of benzene rings is 2. The monoisotopic (exact) mass is 492 g/mol. The summed E-state index contributed by atoms with van der Waals surface area (Å²) in [5.41, 5.74) is 4.06. The lowest BCUT2D eigenvalue weighted by atomic mass is 10.1. The quantitative estimate of drug-likeness (QED) is 0.373. The van der Waals surface area contributed by atoms with E-state index in [9.17, 15) is 9.18 Å². The molecule has 5 rings (SSSR count). The molecular weight excluding hydrogens is 475 g/mol. The number of amides is 1. The number of aromatic nitrogens is 5. The molecule has 0 bridgehead atoms. The highest BCUT2D eigenvalue weighted by molar-refractivity contribution is 9.10. The number of aryl methyl sites for hydroxylation is 1. The lowest BCUT2D eigenvalue weighted by Crippen LogP contribution is -2.26. The summed E-state index contributed by atoms with van der Waals surface area (Å²) in [4.78, 5) is 25.1. The summed E-state index contributed by atoms with van der Waals surface area (Å²) >= 11 is 3.42. The highest BCUT2D eigenvalue weighted by Crippen LogP contribution is 2.28. The van der Waals surface area contributed by atoms with Gasteiger partial charge in [0.15, 0.2) is 5.65 Å². The van der Waals surface area contributed by atoms with Gasteiger partial charge in [0.2, 0.25) is 0 Å². The Bertz CT molecular complexity index is 1470. The fourth-order valence-electron chi connectivity index (χ4n) is 3.71. The Kier molecular flexibility index (Phi) is 4.97. The van der Waals surface area contributed by atoms with Crippen LogP contribution in [0.25, 0.3) is 33.5 Å². The highest BCUT2D eigenvalue weighted by atomic mass is 79.9. The summed E-state index contributed by atoms with van der Waals surface area (Å²) < 4.78 is 16.2. The highest BCUT2D eigenvalue weighted by Gasteiger charge is 2.19. The first-order valence-electron chi connectivity index (χ1n) is 9.94. The van der Waals surface area contributed by atoms with E-state index in [0.29, 0.717) is 33.6 Å². The van der Waals surface area contributed by atoms with Gasteiger partial charge in [0.25, 0.3) is 5.91 Å². The summed E-state index contributed by atoms with van der Waals surface area (Å²) in [5.74, 6) is -0.593. The van der Waals surface area contributed by atoms with Crippen LogP contribution in [0.3, 0.4) is 0 Å². The second-order valence-electron chi connectivity index (χ2n) is 7.54. The normalized spacial score (nSPS) is 12.4. The van der Waals surface area contributed by atoms with Gasteiger partial charge in [0, 0.05) is 23.1 Å². The van der Waals surface area contributed by atoms with E-state index in [2.05, 4.69) is 41.3 Å². The molecule has 1 unspecified atom stereocenters. The second kappa shape index (κ2) is 7.83. The SMILES string of the molecule is CC(NC(=O)c1c[nH]c2ncc(-c3nn(C)c4cc(F)ccc34)nc12)c1ccc(Br)cc1. The van der Waals surface area contributed by atoms with Crippen molar-refractivity contribution in [1.82, 2.24) is 30.0 Å². The molecule has 0 saturated carbocycles. The number of hydrogen-bond donors (Lipinski definition) is 2. The van der Waals surface area contributed by atoms with Gasteiger partial charge in [-0.25, -0.2) is 14.4 Å². The van der Waals surface area contributed by atoms with Gasteiger partial charge in [-0.15, -0.1) is 0 Å². The number of carbonyl (C=O) groups excluding carboxylic acids is 1. The van der Waals surface area contributed by atoms with Crippen molar-refractivity contribution < 1.29 is 9.18 Å². The summed E-state index contributed by atoms with van der Waals surface area (Å²) in [6, 6.07) is 12.1. The van der Waals surface area contributed by atoms with Crippen molar-refractivity contribution >= 4 is 43.9 Å². The molecular formula is C23H18BrFN6O. The molecule has 0 aliphatic heterocycles. The van der Waals surface area contributed by atoms with E-state index in [1.165, 1.54) is 12.1 Å². The zero-order valence-corrected chi connectivity index (χ0v) is 18.8. The second-order valence-corrected chi connectivity index (χ2v) is 8.45. The van der Waals surface area contributed by atoms with Gasteiger partial charge >= 0.3 is 0 Å². The minimum atomic E-state index is -0.335. The first-order chi connectivity index (χ1) is 15.4. The van der Waals surface area contributed by atoms with Crippen LogP contribution in [-0.4, -0.2) is 30.6 Å². The Labute approximate surface area is 190 Å². The maximum Gasteiger partial charge on any atom is 0.255 e. The third kappa shape index (κ3) is 3.54. The Morgan fingerprint density at radius 2 is 2.00 bits per heavy atom. The van der Waals surface area contributed by atoms with E-state index in [4.69, 9.17) is 0 Å². The predicted octanol–water partition coefficient (Wildman–Crippen LogP) is 4.90. The topological polar surface area (TPSA) is 88.5 Å². The molecule has 9 heteroatoms. The maximum absolute atomic E-state index is 13.7. The number of aromatic amines is 1. The first kappa shape index (κ1) is 20.3. The zero-order chi connectivity index (χ0) is 22.4. The van der Waals surface area contributed by atoms with Crippen LogP contribution < -0.4 is 5.32 Å². The number of halogens is 2. The minimum absolute atomic E-state index is 0.189. The molecule has 1 atom stereocenters. The fourth-order valence-corrected chi connectivity index (χ4v) is 3.97. The molecule has 3 aromatic heterocycles. The van der Waals surface area contributed by atoms with Gasteiger partial charge < -0.3 is 10.3 Å². The molecule has 0 radical (unpaired) electrons. The molecule has 3 heterocycles. The molecule has 0 aliphatic rings. The Morgan fingerprint density at radius 1 is 1.22 bits per heavy atom. The van der Waals surface area contributed by atoms with E-state index >= 15 is 0 Å². The summed E-state index contributed by atoms with van der Waals surface area (Å²) in [6.45, 7) is 1.92.